The number of halogens is 1. The summed E-state index contributed by atoms with van der Waals surface area (Å²) in [5.74, 6) is -1.05. The highest BCUT2D eigenvalue weighted by Gasteiger charge is 2.12. The quantitative estimate of drug-likeness (QED) is 0.703. The van der Waals surface area contributed by atoms with Crippen molar-refractivity contribution < 1.29 is 15.0 Å². The van der Waals surface area contributed by atoms with E-state index in [2.05, 4.69) is 0 Å². The van der Waals surface area contributed by atoms with Gasteiger partial charge in [-0.25, -0.2) is 4.79 Å². The number of aliphatic hydroxyl groups is 1. The first-order chi connectivity index (χ1) is 6.56. The van der Waals surface area contributed by atoms with E-state index in [-0.39, 0.29) is 12.2 Å². The molecule has 76 valence electrons. The van der Waals surface area contributed by atoms with Crippen LogP contribution in [-0.4, -0.2) is 22.8 Å². The Balaban J connectivity index is 3.14. The fourth-order valence-corrected chi connectivity index (χ4v) is 1.32. The van der Waals surface area contributed by atoms with Crippen LogP contribution in [0.4, 0.5) is 0 Å². The van der Waals surface area contributed by atoms with Crippen molar-refractivity contribution in [2.75, 3.05) is 6.61 Å². The Bertz CT molecular complexity index is 354. The molecule has 1 unspecified atom stereocenters. The normalized spacial score (nSPS) is 12.5. The van der Waals surface area contributed by atoms with Crippen molar-refractivity contribution in [1.82, 2.24) is 0 Å². The van der Waals surface area contributed by atoms with Gasteiger partial charge >= 0.3 is 5.97 Å². The second-order valence-electron chi connectivity index (χ2n) is 2.83. The Labute approximate surface area is 85.9 Å². The van der Waals surface area contributed by atoms with Crippen molar-refractivity contribution in [3.63, 3.8) is 0 Å². The molecule has 0 heterocycles. The lowest BCUT2D eigenvalue weighted by atomic mass is 10.1. The number of aliphatic hydroxyl groups excluding tert-OH is 1. The van der Waals surface area contributed by atoms with Gasteiger partial charge in [-0.15, -0.1) is 0 Å². The molecule has 4 N–H and O–H groups in total. The number of aromatic carboxylic acids is 1. The molecule has 0 spiro atoms. The van der Waals surface area contributed by atoms with E-state index < -0.39 is 12.0 Å². The van der Waals surface area contributed by atoms with Crippen LogP contribution in [0.3, 0.4) is 0 Å². The van der Waals surface area contributed by atoms with Crippen molar-refractivity contribution >= 4 is 17.6 Å². The molecule has 1 rings (SSSR count). The zero-order valence-corrected chi connectivity index (χ0v) is 8.03. The molecule has 0 aliphatic rings. The van der Waals surface area contributed by atoms with Crippen LogP contribution >= 0.6 is 11.6 Å². The van der Waals surface area contributed by atoms with Gasteiger partial charge in [0, 0.05) is 5.02 Å². The number of carboxylic acid groups (broad SMARTS) is 1. The Morgan fingerprint density at radius 1 is 1.57 bits per heavy atom. The van der Waals surface area contributed by atoms with Gasteiger partial charge in [0.05, 0.1) is 18.2 Å². The van der Waals surface area contributed by atoms with Gasteiger partial charge in [0.2, 0.25) is 0 Å². The van der Waals surface area contributed by atoms with E-state index in [0.717, 1.165) is 0 Å². The zero-order valence-electron chi connectivity index (χ0n) is 7.27. The van der Waals surface area contributed by atoms with E-state index in [1.807, 2.05) is 0 Å². The SMILES string of the molecule is NC(CO)c1cc(C(=O)O)ccc1Cl. The summed E-state index contributed by atoms with van der Waals surface area (Å²) in [6.45, 7) is -0.275. The standard InChI is InChI=1S/C9H10ClNO3/c10-7-2-1-5(9(13)14)3-6(7)8(11)4-12/h1-3,8,12H,4,11H2,(H,13,14). The van der Waals surface area contributed by atoms with Gasteiger partial charge < -0.3 is 15.9 Å². The van der Waals surface area contributed by atoms with Crippen LogP contribution in [0.2, 0.25) is 5.02 Å². The second kappa shape index (κ2) is 4.41. The number of carboxylic acids is 1. The molecule has 14 heavy (non-hydrogen) atoms. The average molecular weight is 216 g/mol. The molecule has 0 aliphatic heterocycles. The van der Waals surface area contributed by atoms with E-state index >= 15 is 0 Å². The molecule has 1 aromatic carbocycles. The molecule has 1 aromatic rings. The maximum absolute atomic E-state index is 10.6. The van der Waals surface area contributed by atoms with Crippen LogP contribution in [0.25, 0.3) is 0 Å². The predicted molar refractivity (Wildman–Crippen MR) is 52.4 cm³/mol. The molecule has 5 heteroatoms. The zero-order chi connectivity index (χ0) is 10.7. The Kier molecular flexibility index (Phi) is 3.46. The first-order valence-corrected chi connectivity index (χ1v) is 4.33. The lowest BCUT2D eigenvalue weighted by Crippen LogP contribution is -2.15. The van der Waals surface area contributed by atoms with E-state index in [4.69, 9.17) is 27.5 Å². The van der Waals surface area contributed by atoms with Crippen LogP contribution in [-0.2, 0) is 0 Å². The fraction of sp³-hybridized carbons (Fsp3) is 0.222. The Morgan fingerprint density at radius 2 is 2.21 bits per heavy atom. The first-order valence-electron chi connectivity index (χ1n) is 3.95. The highest BCUT2D eigenvalue weighted by atomic mass is 35.5. The molecule has 0 saturated carbocycles. The number of benzene rings is 1. The molecule has 0 saturated heterocycles. The van der Waals surface area contributed by atoms with Crippen molar-refractivity contribution in [2.24, 2.45) is 5.73 Å². The number of hydrogen-bond acceptors (Lipinski definition) is 3. The van der Waals surface area contributed by atoms with Crippen LogP contribution < -0.4 is 5.73 Å². The highest BCUT2D eigenvalue weighted by Crippen LogP contribution is 2.22. The summed E-state index contributed by atoms with van der Waals surface area (Å²) in [5, 5.41) is 17.9. The topological polar surface area (TPSA) is 83.5 Å². The summed E-state index contributed by atoms with van der Waals surface area (Å²) in [7, 11) is 0. The predicted octanol–water partition coefficient (Wildman–Crippen LogP) is 1.03. The molecule has 4 nitrogen and oxygen atoms in total. The molecule has 0 aliphatic carbocycles. The van der Waals surface area contributed by atoms with Crippen LogP contribution in [0, 0.1) is 0 Å². The minimum absolute atomic E-state index is 0.105. The van der Waals surface area contributed by atoms with Gasteiger partial charge in [-0.05, 0) is 23.8 Å². The molecular formula is C9H10ClNO3. The number of carbonyl (C=O) groups is 1. The minimum atomic E-state index is -1.05. The number of nitrogens with two attached hydrogens (primary N) is 1. The maximum atomic E-state index is 10.6. The third kappa shape index (κ3) is 2.23. The lowest BCUT2D eigenvalue weighted by molar-refractivity contribution is 0.0696. The number of rotatable bonds is 3. The first kappa shape index (κ1) is 11.0. The summed E-state index contributed by atoms with van der Waals surface area (Å²) >= 11 is 5.79. The monoisotopic (exact) mass is 215 g/mol. The largest absolute Gasteiger partial charge is 0.478 e. The van der Waals surface area contributed by atoms with Gasteiger partial charge in [-0.1, -0.05) is 11.6 Å². The van der Waals surface area contributed by atoms with Crippen molar-refractivity contribution in [1.29, 1.82) is 0 Å². The van der Waals surface area contributed by atoms with Gasteiger partial charge in [0.25, 0.3) is 0 Å². The molecule has 0 bridgehead atoms. The highest BCUT2D eigenvalue weighted by molar-refractivity contribution is 6.31. The fourth-order valence-electron chi connectivity index (χ4n) is 1.06. The maximum Gasteiger partial charge on any atom is 0.335 e. The molecule has 1 atom stereocenters. The van der Waals surface area contributed by atoms with Gasteiger partial charge in [-0.2, -0.15) is 0 Å². The summed E-state index contributed by atoms with van der Waals surface area (Å²) < 4.78 is 0. The Morgan fingerprint density at radius 3 is 2.71 bits per heavy atom. The summed E-state index contributed by atoms with van der Waals surface area (Å²) in [6.07, 6.45) is 0. The van der Waals surface area contributed by atoms with Gasteiger partial charge in [-0.3, -0.25) is 0 Å². The summed E-state index contributed by atoms with van der Waals surface area (Å²) in [5.41, 5.74) is 6.08. The Hall–Kier alpha value is -1.10. The summed E-state index contributed by atoms with van der Waals surface area (Å²) in [4.78, 5) is 10.6. The van der Waals surface area contributed by atoms with Crippen molar-refractivity contribution in [3.05, 3.63) is 34.3 Å². The van der Waals surface area contributed by atoms with E-state index in [1.54, 1.807) is 0 Å². The molecule has 0 amide bonds. The number of hydrogen-bond donors (Lipinski definition) is 3. The molecule has 0 radical (unpaired) electrons. The van der Waals surface area contributed by atoms with E-state index in [1.165, 1.54) is 18.2 Å². The average Bonchev–Trinajstić information content (AvgIpc) is 2.17. The van der Waals surface area contributed by atoms with Crippen LogP contribution in [0.1, 0.15) is 22.0 Å². The minimum Gasteiger partial charge on any atom is -0.478 e. The molecular weight excluding hydrogens is 206 g/mol. The van der Waals surface area contributed by atoms with Gasteiger partial charge in [0.1, 0.15) is 0 Å². The van der Waals surface area contributed by atoms with Crippen LogP contribution in [0.5, 0.6) is 0 Å². The smallest absolute Gasteiger partial charge is 0.335 e. The van der Waals surface area contributed by atoms with Crippen LogP contribution in [0.15, 0.2) is 18.2 Å². The molecule has 0 fully saturated rings. The summed E-state index contributed by atoms with van der Waals surface area (Å²) in [6, 6.07) is 3.56. The second-order valence-corrected chi connectivity index (χ2v) is 3.24. The van der Waals surface area contributed by atoms with Gasteiger partial charge in [0.15, 0.2) is 0 Å². The van der Waals surface area contributed by atoms with E-state index in [0.29, 0.717) is 10.6 Å². The molecule has 0 aromatic heterocycles. The van der Waals surface area contributed by atoms with E-state index in [9.17, 15) is 4.79 Å². The van der Waals surface area contributed by atoms with Crippen molar-refractivity contribution in [2.45, 2.75) is 6.04 Å². The third-order valence-corrected chi connectivity index (χ3v) is 2.18. The third-order valence-electron chi connectivity index (χ3n) is 1.84. The lowest BCUT2D eigenvalue weighted by Gasteiger charge is -2.11. The van der Waals surface area contributed by atoms with Crippen molar-refractivity contribution in [3.8, 4) is 0 Å².